The number of aromatic hydroxyl groups is 1. The number of thiol groups is 1. The molecule has 13 heavy (non-hydrogen) atoms. The van der Waals surface area contributed by atoms with Crippen molar-refractivity contribution in [1.82, 2.24) is 0 Å². The number of phenols is 1. The number of Topliss-reactive ketones (excluding diaryl/α,β-unsaturated/α-hetero) is 1. The van der Waals surface area contributed by atoms with Crippen LogP contribution in [0.4, 0.5) is 0 Å². The number of ketones is 1. The maximum Gasteiger partial charge on any atom is 0.146 e. The van der Waals surface area contributed by atoms with Gasteiger partial charge in [-0.3, -0.25) is 4.79 Å². The monoisotopic (exact) mass is 196 g/mol. The summed E-state index contributed by atoms with van der Waals surface area (Å²) < 4.78 is 0. The molecule has 1 aromatic rings. The van der Waals surface area contributed by atoms with Crippen LogP contribution in [0, 0.1) is 6.92 Å². The van der Waals surface area contributed by atoms with E-state index < -0.39 is 0 Å². The summed E-state index contributed by atoms with van der Waals surface area (Å²) >= 11 is 3.89. The molecule has 0 saturated heterocycles. The van der Waals surface area contributed by atoms with Gasteiger partial charge >= 0.3 is 0 Å². The van der Waals surface area contributed by atoms with Crippen molar-refractivity contribution in [2.45, 2.75) is 13.3 Å². The van der Waals surface area contributed by atoms with Crippen LogP contribution in [0.25, 0.3) is 0 Å². The predicted molar refractivity (Wildman–Crippen MR) is 55.4 cm³/mol. The average Bonchev–Trinajstić information content (AvgIpc) is 2.13. The Hall–Kier alpha value is -0.960. The van der Waals surface area contributed by atoms with Crippen molar-refractivity contribution >= 4 is 18.4 Å². The fraction of sp³-hybridized carbons (Fsp3) is 0.300. The molecule has 1 aromatic carbocycles. The fourth-order valence-corrected chi connectivity index (χ4v) is 1.24. The minimum Gasteiger partial charge on any atom is -0.508 e. The zero-order valence-corrected chi connectivity index (χ0v) is 8.34. The minimum atomic E-state index is 0.0667. The lowest BCUT2D eigenvalue weighted by Gasteiger charge is -2.05. The van der Waals surface area contributed by atoms with Gasteiger partial charge in [-0.15, -0.1) is 0 Å². The average molecular weight is 196 g/mol. The van der Waals surface area contributed by atoms with Gasteiger partial charge in [-0.05, 0) is 24.1 Å². The molecule has 1 N–H and O–H groups in total. The number of phenolic OH excluding ortho intramolecular Hbond substituents is 1. The van der Waals surface area contributed by atoms with Gasteiger partial charge in [0.2, 0.25) is 0 Å². The zero-order chi connectivity index (χ0) is 9.84. The fourth-order valence-electron chi connectivity index (χ4n) is 1.13. The van der Waals surface area contributed by atoms with E-state index in [1.165, 1.54) is 0 Å². The Balaban J connectivity index is 2.89. The lowest BCUT2D eigenvalue weighted by atomic mass is 10.0. The molecule has 1 rings (SSSR count). The van der Waals surface area contributed by atoms with Gasteiger partial charge in [-0.25, -0.2) is 0 Å². The van der Waals surface area contributed by atoms with Crippen LogP contribution in [0.2, 0.25) is 0 Å². The van der Waals surface area contributed by atoms with Gasteiger partial charge in [0.15, 0.2) is 0 Å². The molecular formula is C10H12O2S. The van der Waals surface area contributed by atoms with Crippen LogP contribution in [-0.2, 0) is 11.2 Å². The second-order valence-corrected chi connectivity index (χ2v) is 3.25. The Morgan fingerprint density at radius 3 is 2.85 bits per heavy atom. The Morgan fingerprint density at radius 1 is 1.54 bits per heavy atom. The van der Waals surface area contributed by atoms with Crippen LogP contribution in [0.5, 0.6) is 5.75 Å². The summed E-state index contributed by atoms with van der Waals surface area (Å²) in [7, 11) is 0. The summed E-state index contributed by atoms with van der Waals surface area (Å²) in [5.74, 6) is 0.552. The van der Waals surface area contributed by atoms with E-state index in [1.54, 1.807) is 19.1 Å². The van der Waals surface area contributed by atoms with Gasteiger partial charge in [0.25, 0.3) is 0 Å². The van der Waals surface area contributed by atoms with Crippen LogP contribution in [-0.4, -0.2) is 16.6 Å². The Bertz CT molecular complexity index is 321. The first-order valence-electron chi connectivity index (χ1n) is 4.05. The van der Waals surface area contributed by atoms with Gasteiger partial charge in [0.1, 0.15) is 11.5 Å². The Morgan fingerprint density at radius 2 is 2.23 bits per heavy atom. The van der Waals surface area contributed by atoms with E-state index in [9.17, 15) is 9.90 Å². The molecule has 0 saturated carbocycles. The first kappa shape index (κ1) is 10.1. The summed E-state index contributed by atoms with van der Waals surface area (Å²) in [6, 6.07) is 5.20. The molecule has 0 aliphatic heterocycles. The Labute approximate surface area is 83.0 Å². The van der Waals surface area contributed by atoms with Gasteiger partial charge < -0.3 is 5.11 Å². The highest BCUT2D eigenvalue weighted by atomic mass is 32.1. The third-order valence-electron chi connectivity index (χ3n) is 1.98. The lowest BCUT2D eigenvalue weighted by molar-refractivity contribution is -0.115. The highest BCUT2D eigenvalue weighted by Gasteiger charge is 2.06. The molecule has 0 unspecified atom stereocenters. The second-order valence-electron chi connectivity index (χ2n) is 2.93. The van der Waals surface area contributed by atoms with Crippen molar-refractivity contribution in [1.29, 1.82) is 0 Å². The first-order valence-corrected chi connectivity index (χ1v) is 4.68. The van der Waals surface area contributed by atoms with Crippen LogP contribution in [0.3, 0.4) is 0 Å². The van der Waals surface area contributed by atoms with E-state index in [0.717, 1.165) is 11.1 Å². The van der Waals surface area contributed by atoms with Crippen molar-refractivity contribution in [2.24, 2.45) is 0 Å². The van der Waals surface area contributed by atoms with Crippen molar-refractivity contribution in [2.75, 3.05) is 5.75 Å². The number of rotatable bonds is 3. The summed E-state index contributed by atoms with van der Waals surface area (Å²) in [6.45, 7) is 1.80. The van der Waals surface area contributed by atoms with Crippen LogP contribution < -0.4 is 0 Å². The molecule has 0 bridgehead atoms. The standard InChI is InChI=1S/C10H12O2S/c1-7-8(5-9(11)6-13)3-2-4-10(7)12/h2-4,12-13H,5-6H2,1H3. The van der Waals surface area contributed by atoms with Crippen molar-refractivity contribution < 1.29 is 9.90 Å². The predicted octanol–water partition coefficient (Wildman–Crippen LogP) is 1.74. The third-order valence-corrected chi connectivity index (χ3v) is 2.33. The normalized spacial score (nSPS) is 10.0. The van der Waals surface area contributed by atoms with Crippen molar-refractivity contribution in [3.63, 3.8) is 0 Å². The summed E-state index contributed by atoms with van der Waals surface area (Å²) in [6.07, 6.45) is 0.351. The lowest BCUT2D eigenvalue weighted by Crippen LogP contribution is -2.05. The highest BCUT2D eigenvalue weighted by Crippen LogP contribution is 2.19. The third kappa shape index (κ3) is 2.49. The van der Waals surface area contributed by atoms with Crippen LogP contribution >= 0.6 is 12.6 Å². The molecule has 0 aromatic heterocycles. The first-order chi connectivity index (χ1) is 6.15. The Kier molecular flexibility index (Phi) is 3.37. The molecule has 0 atom stereocenters. The molecule has 0 heterocycles. The van der Waals surface area contributed by atoms with E-state index in [0.29, 0.717) is 6.42 Å². The van der Waals surface area contributed by atoms with E-state index in [4.69, 9.17) is 0 Å². The van der Waals surface area contributed by atoms with Gasteiger partial charge in [0, 0.05) is 12.2 Å². The maximum absolute atomic E-state index is 11.1. The molecule has 0 aliphatic carbocycles. The molecule has 0 radical (unpaired) electrons. The molecule has 3 heteroatoms. The second kappa shape index (κ2) is 4.33. The quantitative estimate of drug-likeness (QED) is 0.723. The van der Waals surface area contributed by atoms with Crippen molar-refractivity contribution in [3.8, 4) is 5.75 Å². The summed E-state index contributed by atoms with van der Waals surface area (Å²) in [4.78, 5) is 11.1. The highest BCUT2D eigenvalue weighted by molar-refractivity contribution is 7.81. The number of benzene rings is 1. The SMILES string of the molecule is Cc1c(O)cccc1CC(=O)CS. The minimum absolute atomic E-state index is 0.0667. The molecule has 0 spiro atoms. The number of carbonyl (C=O) groups is 1. The smallest absolute Gasteiger partial charge is 0.146 e. The molecular weight excluding hydrogens is 184 g/mol. The topological polar surface area (TPSA) is 37.3 Å². The zero-order valence-electron chi connectivity index (χ0n) is 7.45. The molecule has 0 amide bonds. The molecule has 70 valence electrons. The molecule has 2 nitrogen and oxygen atoms in total. The van der Waals surface area contributed by atoms with Gasteiger partial charge in [-0.2, -0.15) is 12.6 Å². The summed E-state index contributed by atoms with van der Waals surface area (Å²) in [5, 5.41) is 9.36. The van der Waals surface area contributed by atoms with E-state index in [2.05, 4.69) is 12.6 Å². The van der Waals surface area contributed by atoms with Crippen LogP contribution in [0.15, 0.2) is 18.2 Å². The van der Waals surface area contributed by atoms with Gasteiger partial charge in [0.05, 0.1) is 0 Å². The number of hydrogen-bond acceptors (Lipinski definition) is 3. The van der Waals surface area contributed by atoms with Gasteiger partial charge in [-0.1, -0.05) is 12.1 Å². The van der Waals surface area contributed by atoms with E-state index >= 15 is 0 Å². The van der Waals surface area contributed by atoms with Crippen LogP contribution in [0.1, 0.15) is 11.1 Å². The number of carbonyl (C=O) groups excluding carboxylic acids is 1. The van der Waals surface area contributed by atoms with E-state index in [-0.39, 0.29) is 17.3 Å². The van der Waals surface area contributed by atoms with E-state index in [1.807, 2.05) is 6.07 Å². The molecule has 0 aliphatic rings. The summed E-state index contributed by atoms with van der Waals surface area (Å²) in [5.41, 5.74) is 1.65. The maximum atomic E-state index is 11.1. The molecule has 0 fully saturated rings. The van der Waals surface area contributed by atoms with Crippen molar-refractivity contribution in [3.05, 3.63) is 29.3 Å². The number of hydrogen-bond donors (Lipinski definition) is 2. The largest absolute Gasteiger partial charge is 0.508 e.